The second-order valence-corrected chi connectivity index (χ2v) is 8.24. The molecule has 0 atom stereocenters. The first-order chi connectivity index (χ1) is 14.4. The van der Waals surface area contributed by atoms with Gasteiger partial charge in [0.2, 0.25) is 0 Å². The fraction of sp³-hybridized carbons (Fsp3) is 0.440. The number of pyridine rings is 2. The number of nitrogens with zero attached hydrogens (tertiary/aromatic N) is 4. The SMILES string of the molecule is C1CCCC1.[Cl-].[Cl-].[Fe].c1cnc(-[n+]2ccc(-c3cc[n+](CC4CCCC4)cc3)cc2)nc1. The molecule has 2 aliphatic rings. The van der Waals surface area contributed by atoms with Crippen molar-refractivity contribution in [2.24, 2.45) is 5.92 Å². The Morgan fingerprint density at radius 3 is 1.66 bits per heavy atom. The van der Waals surface area contributed by atoms with E-state index in [9.17, 15) is 0 Å². The van der Waals surface area contributed by atoms with Crippen molar-refractivity contribution in [1.29, 1.82) is 0 Å². The maximum atomic E-state index is 4.26. The largest absolute Gasteiger partial charge is 1.00 e. The Hall–Kier alpha value is -1.52. The summed E-state index contributed by atoms with van der Waals surface area (Å²) in [6.07, 6.45) is 25.0. The van der Waals surface area contributed by atoms with Crippen LogP contribution >= 0.6 is 0 Å². The molecule has 0 saturated heterocycles. The zero-order valence-corrected chi connectivity index (χ0v) is 21.0. The number of rotatable bonds is 4. The Labute approximate surface area is 215 Å². The second-order valence-electron chi connectivity index (χ2n) is 8.24. The smallest absolute Gasteiger partial charge is 0.437 e. The summed E-state index contributed by atoms with van der Waals surface area (Å²) < 4.78 is 4.24. The minimum atomic E-state index is 0. The molecule has 3 aromatic rings. The quantitative estimate of drug-likeness (QED) is 0.325. The fourth-order valence-corrected chi connectivity index (χ4v) is 4.32. The van der Waals surface area contributed by atoms with E-state index in [1.807, 2.05) is 23.0 Å². The Morgan fingerprint density at radius 2 is 1.16 bits per heavy atom. The van der Waals surface area contributed by atoms with Gasteiger partial charge < -0.3 is 24.8 Å². The van der Waals surface area contributed by atoms with Gasteiger partial charge in [0.05, 0.1) is 12.4 Å². The Bertz CT molecular complexity index is 859. The van der Waals surface area contributed by atoms with Gasteiger partial charge in [0.1, 0.15) is 12.4 Å². The normalized spacial score (nSPS) is 14.9. The molecule has 3 heterocycles. The molecule has 0 aliphatic heterocycles. The van der Waals surface area contributed by atoms with Gasteiger partial charge in [0, 0.05) is 41.2 Å². The van der Waals surface area contributed by atoms with Crippen molar-refractivity contribution in [3.63, 3.8) is 0 Å². The van der Waals surface area contributed by atoms with E-state index in [2.05, 4.69) is 51.2 Å². The third-order valence-electron chi connectivity index (χ3n) is 6.03. The van der Waals surface area contributed by atoms with Gasteiger partial charge in [0.25, 0.3) is 0 Å². The summed E-state index contributed by atoms with van der Waals surface area (Å²) in [7, 11) is 0. The molecule has 5 rings (SSSR count). The Kier molecular flexibility index (Phi) is 13.7. The third-order valence-corrected chi connectivity index (χ3v) is 6.03. The van der Waals surface area contributed by atoms with Gasteiger partial charge >= 0.3 is 5.95 Å². The number of halogens is 2. The van der Waals surface area contributed by atoms with Gasteiger partial charge in [0.15, 0.2) is 18.9 Å². The van der Waals surface area contributed by atoms with Crippen molar-refractivity contribution < 1.29 is 51.0 Å². The molecule has 2 aliphatic carbocycles. The molecule has 0 spiro atoms. The average Bonchev–Trinajstić information content (AvgIpc) is 3.52. The monoisotopic (exact) mass is 514 g/mol. The van der Waals surface area contributed by atoms with Crippen LogP contribution in [-0.2, 0) is 23.6 Å². The zero-order chi connectivity index (χ0) is 19.7. The van der Waals surface area contributed by atoms with E-state index >= 15 is 0 Å². The molecular weight excluding hydrogens is 483 g/mol. The summed E-state index contributed by atoms with van der Waals surface area (Å²) in [5, 5.41) is 0. The van der Waals surface area contributed by atoms with Crippen molar-refractivity contribution in [3.05, 3.63) is 67.5 Å². The van der Waals surface area contributed by atoms with Gasteiger partial charge in [-0.2, -0.15) is 0 Å². The molecule has 32 heavy (non-hydrogen) atoms. The van der Waals surface area contributed by atoms with Gasteiger partial charge in [-0.05, 0) is 36.1 Å². The molecule has 0 amide bonds. The molecule has 0 N–H and O–H groups in total. The topological polar surface area (TPSA) is 33.5 Å². The van der Waals surface area contributed by atoms with Crippen molar-refractivity contribution in [2.75, 3.05) is 0 Å². The van der Waals surface area contributed by atoms with E-state index in [0.717, 1.165) is 12.5 Å². The predicted molar refractivity (Wildman–Crippen MR) is 114 cm³/mol. The van der Waals surface area contributed by atoms with Crippen LogP contribution in [0.4, 0.5) is 0 Å². The van der Waals surface area contributed by atoms with Crippen molar-refractivity contribution in [1.82, 2.24) is 9.97 Å². The molecule has 3 aromatic heterocycles. The van der Waals surface area contributed by atoms with Crippen LogP contribution in [0.3, 0.4) is 0 Å². The second kappa shape index (κ2) is 15.3. The summed E-state index contributed by atoms with van der Waals surface area (Å²) >= 11 is 0. The number of hydrogen-bond acceptors (Lipinski definition) is 2. The van der Waals surface area contributed by atoms with Gasteiger partial charge in [-0.3, -0.25) is 0 Å². The van der Waals surface area contributed by atoms with Crippen LogP contribution in [0.15, 0.2) is 67.5 Å². The van der Waals surface area contributed by atoms with Gasteiger partial charge in [-0.25, -0.2) is 9.13 Å². The first-order valence-electron chi connectivity index (χ1n) is 11.2. The molecule has 0 aromatic carbocycles. The van der Waals surface area contributed by atoms with E-state index in [-0.39, 0.29) is 41.9 Å². The predicted octanol–water partition coefficient (Wildman–Crippen LogP) is -1.15. The average molecular weight is 515 g/mol. The minimum Gasteiger partial charge on any atom is -1.00 e. The standard InChI is InChI=1S/C20H22N4.C5H10.2ClH.Fe/c1-2-5-17(4-1)16-23-12-6-18(7-13-23)19-8-14-24(15-9-19)20-21-10-3-11-22-20;1-2-4-5-3-1;;;/h3,6-15,17H,1-2,4-5,16H2;1-5H2;2*1H;/q+2;;;;/p-2. The Morgan fingerprint density at radius 1 is 0.688 bits per heavy atom. The molecular formula is C25H32Cl2FeN4. The minimum absolute atomic E-state index is 0. The Balaban J connectivity index is 0.000000570. The fourth-order valence-electron chi connectivity index (χ4n) is 4.32. The van der Waals surface area contributed by atoms with Gasteiger partial charge in [-0.15, -0.1) is 0 Å². The van der Waals surface area contributed by atoms with Crippen molar-refractivity contribution in [2.45, 2.75) is 64.3 Å². The summed E-state index contributed by atoms with van der Waals surface area (Å²) in [5.74, 6) is 1.55. The van der Waals surface area contributed by atoms with E-state index in [1.54, 1.807) is 12.4 Å². The summed E-state index contributed by atoms with van der Waals surface area (Å²) in [6, 6.07) is 10.4. The molecule has 174 valence electrons. The van der Waals surface area contributed by atoms with E-state index in [0.29, 0.717) is 5.95 Å². The molecule has 7 heteroatoms. The molecule has 0 unspecified atom stereocenters. The summed E-state index contributed by atoms with van der Waals surface area (Å²) in [6.45, 7) is 1.15. The molecule has 2 fully saturated rings. The van der Waals surface area contributed by atoms with Crippen LogP contribution in [0.5, 0.6) is 0 Å². The number of aromatic nitrogens is 4. The summed E-state index contributed by atoms with van der Waals surface area (Å²) in [5.41, 5.74) is 2.44. The molecule has 4 nitrogen and oxygen atoms in total. The van der Waals surface area contributed by atoms with Crippen LogP contribution in [0, 0.1) is 5.92 Å². The summed E-state index contributed by atoms with van der Waals surface area (Å²) in [4.78, 5) is 8.52. The van der Waals surface area contributed by atoms with Crippen LogP contribution in [0.25, 0.3) is 17.1 Å². The van der Waals surface area contributed by atoms with Crippen molar-refractivity contribution >= 4 is 0 Å². The van der Waals surface area contributed by atoms with E-state index in [1.165, 1.54) is 68.9 Å². The van der Waals surface area contributed by atoms with E-state index < -0.39 is 0 Å². The first kappa shape index (κ1) is 28.5. The first-order valence-corrected chi connectivity index (χ1v) is 11.2. The van der Waals surface area contributed by atoms with Crippen LogP contribution in [0.2, 0.25) is 0 Å². The molecule has 0 bridgehead atoms. The van der Waals surface area contributed by atoms with Crippen LogP contribution in [-0.4, -0.2) is 9.97 Å². The maximum absolute atomic E-state index is 4.26. The van der Waals surface area contributed by atoms with Crippen LogP contribution in [0.1, 0.15) is 57.8 Å². The number of hydrogen-bond donors (Lipinski definition) is 0. The van der Waals surface area contributed by atoms with Crippen molar-refractivity contribution in [3.8, 4) is 17.1 Å². The van der Waals surface area contributed by atoms with Crippen LogP contribution < -0.4 is 33.9 Å². The maximum Gasteiger partial charge on any atom is 0.437 e. The third kappa shape index (κ3) is 8.44. The zero-order valence-electron chi connectivity index (χ0n) is 18.4. The van der Waals surface area contributed by atoms with E-state index in [4.69, 9.17) is 0 Å². The molecule has 2 saturated carbocycles. The van der Waals surface area contributed by atoms with Gasteiger partial charge in [-0.1, -0.05) is 54.9 Å². The molecule has 0 radical (unpaired) electrons.